The van der Waals surface area contributed by atoms with Gasteiger partial charge in [-0.15, -0.1) is 0 Å². The van der Waals surface area contributed by atoms with Crippen LogP contribution in [0.5, 0.6) is 0 Å². The number of carbonyl (C=O) groups excluding carboxylic acids is 2. The van der Waals surface area contributed by atoms with Crippen molar-refractivity contribution in [3.8, 4) is 0 Å². The lowest BCUT2D eigenvalue weighted by molar-refractivity contribution is -0.148. The van der Waals surface area contributed by atoms with E-state index in [0.717, 1.165) is 0 Å². The maximum absolute atomic E-state index is 10.1. The molecule has 0 aliphatic carbocycles. The van der Waals surface area contributed by atoms with Gasteiger partial charge in [0.2, 0.25) is 0 Å². The largest absolute Gasteiger partial charge is 0.480 e. The summed E-state index contributed by atoms with van der Waals surface area (Å²) in [5, 5.41) is 16.4. The van der Waals surface area contributed by atoms with E-state index in [9.17, 15) is 19.2 Å². The minimum Gasteiger partial charge on any atom is -0.480 e. The molecule has 0 aromatic rings. The fourth-order valence-electron chi connectivity index (χ4n) is 0.557. The van der Waals surface area contributed by atoms with Crippen molar-refractivity contribution >= 4 is 23.9 Å². The molecule has 10 heteroatoms. The number of hydrogen-bond donors (Lipinski definition) is 4. The molecule has 116 valence electrons. The summed E-state index contributed by atoms with van der Waals surface area (Å²) >= 11 is 0. The molecule has 0 fully saturated rings. The van der Waals surface area contributed by atoms with Crippen LogP contribution in [0.15, 0.2) is 0 Å². The number of aliphatic carboxylic acids is 2. The minimum atomic E-state index is -1.18. The molecule has 6 N–H and O–H groups in total. The average molecular weight is 294 g/mol. The van der Waals surface area contributed by atoms with Gasteiger partial charge in [-0.3, -0.25) is 19.2 Å². The summed E-state index contributed by atoms with van der Waals surface area (Å²) in [6, 6.07) is -2.24. The number of carboxylic acids is 2. The molecule has 0 spiro atoms. The third-order valence-electron chi connectivity index (χ3n) is 1.57. The quantitative estimate of drug-likeness (QED) is 0.397. The second-order valence-electron chi connectivity index (χ2n) is 3.49. The molecule has 0 saturated carbocycles. The van der Waals surface area contributed by atoms with Crippen LogP contribution < -0.4 is 11.5 Å². The number of nitrogens with two attached hydrogens (primary N) is 2. The van der Waals surface area contributed by atoms with Crippen LogP contribution in [0, 0.1) is 0 Å². The average Bonchev–Trinajstić information content (AvgIpc) is 2.33. The molecule has 0 bridgehead atoms. The molecule has 0 aromatic heterocycles. The van der Waals surface area contributed by atoms with Gasteiger partial charge in [-0.1, -0.05) is 0 Å². The van der Waals surface area contributed by atoms with E-state index < -0.39 is 36.0 Å². The monoisotopic (exact) mass is 294 g/mol. The molecule has 0 rings (SSSR count). The van der Waals surface area contributed by atoms with Gasteiger partial charge in [0.05, 0.1) is 0 Å². The Kier molecular flexibility index (Phi) is 10.8. The smallest absolute Gasteiger partial charge is 0.324 e. The summed E-state index contributed by atoms with van der Waals surface area (Å²) < 4.78 is 8.64. The highest BCUT2D eigenvalue weighted by atomic mass is 16.5. The molecular weight excluding hydrogens is 276 g/mol. The number of carboxylic acid groups (broad SMARTS) is 2. The van der Waals surface area contributed by atoms with Crippen molar-refractivity contribution in [1.29, 1.82) is 0 Å². The first-order valence-corrected chi connectivity index (χ1v) is 5.31. The first-order chi connectivity index (χ1) is 9.07. The molecule has 2 atom stereocenters. The lowest BCUT2D eigenvalue weighted by Crippen LogP contribution is -2.35. The van der Waals surface area contributed by atoms with Crippen LogP contribution in [0.3, 0.4) is 0 Å². The van der Waals surface area contributed by atoms with Crippen molar-refractivity contribution in [2.24, 2.45) is 11.5 Å². The van der Waals surface area contributed by atoms with Crippen LogP contribution in [0.25, 0.3) is 0 Å². The van der Waals surface area contributed by atoms with Crippen molar-refractivity contribution in [3.63, 3.8) is 0 Å². The summed E-state index contributed by atoms with van der Waals surface area (Å²) in [5.41, 5.74) is 9.98. The molecule has 20 heavy (non-hydrogen) atoms. The van der Waals surface area contributed by atoms with Gasteiger partial charge < -0.3 is 31.2 Å². The van der Waals surface area contributed by atoms with Gasteiger partial charge >= 0.3 is 23.9 Å². The van der Waals surface area contributed by atoms with E-state index in [1.807, 2.05) is 0 Å². The van der Waals surface area contributed by atoms with Gasteiger partial charge in [0, 0.05) is 13.8 Å². The maximum atomic E-state index is 10.1. The van der Waals surface area contributed by atoms with Crippen LogP contribution >= 0.6 is 0 Å². The normalized spacial score (nSPS) is 12.2. The standard InChI is InChI=1S/2C5H9NO4/c2*1-3(7)10-2-4(6)5(8)9/h2*4H,2,6H2,1H3,(H,8,9)/t2*4-/m00/s1. The number of esters is 2. The highest BCUT2D eigenvalue weighted by molar-refractivity contribution is 5.74. The first-order valence-electron chi connectivity index (χ1n) is 5.31. The maximum Gasteiger partial charge on any atom is 0.324 e. The van der Waals surface area contributed by atoms with Crippen molar-refractivity contribution in [1.82, 2.24) is 0 Å². The summed E-state index contributed by atoms with van der Waals surface area (Å²) in [6.07, 6.45) is 0. The highest BCUT2D eigenvalue weighted by Crippen LogP contribution is 1.82. The van der Waals surface area contributed by atoms with Gasteiger partial charge in [0.25, 0.3) is 0 Å². The van der Waals surface area contributed by atoms with E-state index in [1.165, 1.54) is 13.8 Å². The Morgan fingerprint density at radius 2 is 1.10 bits per heavy atom. The third-order valence-corrected chi connectivity index (χ3v) is 1.57. The highest BCUT2D eigenvalue weighted by Gasteiger charge is 2.12. The second kappa shape index (κ2) is 10.7. The fourth-order valence-corrected chi connectivity index (χ4v) is 0.557. The van der Waals surface area contributed by atoms with Crippen LogP contribution in [0.4, 0.5) is 0 Å². The van der Waals surface area contributed by atoms with Crippen LogP contribution in [0.1, 0.15) is 13.8 Å². The van der Waals surface area contributed by atoms with Gasteiger partial charge in [-0.05, 0) is 0 Å². The minimum absolute atomic E-state index is 0.273. The molecule has 0 unspecified atom stereocenters. The Hall–Kier alpha value is -2.20. The lowest BCUT2D eigenvalue weighted by atomic mass is 10.3. The second-order valence-corrected chi connectivity index (χ2v) is 3.49. The number of hydrogen-bond acceptors (Lipinski definition) is 8. The van der Waals surface area contributed by atoms with Crippen LogP contribution in [0.2, 0.25) is 0 Å². The predicted octanol–water partition coefficient (Wildman–Crippen LogP) is -2.08. The summed E-state index contributed by atoms with van der Waals surface area (Å²) in [4.78, 5) is 40.2. The summed E-state index contributed by atoms with van der Waals surface area (Å²) in [7, 11) is 0. The lowest BCUT2D eigenvalue weighted by Gasteiger charge is -2.04. The zero-order valence-electron chi connectivity index (χ0n) is 11.1. The molecule has 0 heterocycles. The fraction of sp³-hybridized carbons (Fsp3) is 0.600. The zero-order chi connectivity index (χ0) is 16.3. The third kappa shape index (κ3) is 13.9. The van der Waals surface area contributed by atoms with E-state index in [2.05, 4.69) is 9.47 Å². The van der Waals surface area contributed by atoms with E-state index in [1.54, 1.807) is 0 Å². The summed E-state index contributed by atoms with van der Waals surface area (Å²) in [6.45, 7) is 1.83. The topological polar surface area (TPSA) is 179 Å². The molecule has 0 amide bonds. The van der Waals surface area contributed by atoms with Gasteiger partial charge in [-0.2, -0.15) is 0 Å². The molecule has 0 aromatic carbocycles. The van der Waals surface area contributed by atoms with E-state index in [4.69, 9.17) is 21.7 Å². The predicted molar refractivity (Wildman–Crippen MR) is 64.5 cm³/mol. The zero-order valence-corrected chi connectivity index (χ0v) is 11.1. The van der Waals surface area contributed by atoms with Gasteiger partial charge in [0.1, 0.15) is 25.3 Å². The molecular formula is C10H18N2O8. The Balaban J connectivity index is 0. The number of ether oxygens (including phenoxy) is 2. The Labute approximate surface area is 114 Å². The SMILES string of the molecule is CC(=O)OC[C@H](N)C(=O)O.CC(=O)OC[C@H](N)C(=O)O. The summed E-state index contributed by atoms with van der Waals surface area (Å²) in [5.74, 6) is -3.42. The van der Waals surface area contributed by atoms with Crippen molar-refractivity contribution in [2.45, 2.75) is 25.9 Å². The van der Waals surface area contributed by atoms with Crippen LogP contribution in [-0.4, -0.2) is 59.4 Å². The first kappa shape index (κ1) is 20.1. The molecule has 0 aliphatic rings. The van der Waals surface area contributed by atoms with Crippen molar-refractivity contribution in [2.75, 3.05) is 13.2 Å². The van der Waals surface area contributed by atoms with Gasteiger partial charge in [0.15, 0.2) is 0 Å². The Morgan fingerprint density at radius 3 is 1.25 bits per heavy atom. The number of rotatable bonds is 6. The molecule has 0 radical (unpaired) electrons. The number of carbonyl (C=O) groups is 4. The van der Waals surface area contributed by atoms with E-state index >= 15 is 0 Å². The van der Waals surface area contributed by atoms with E-state index in [-0.39, 0.29) is 13.2 Å². The van der Waals surface area contributed by atoms with Crippen LogP contribution in [-0.2, 0) is 28.7 Å². The molecule has 0 saturated heterocycles. The van der Waals surface area contributed by atoms with E-state index in [0.29, 0.717) is 0 Å². The molecule has 10 nitrogen and oxygen atoms in total. The molecule has 0 aliphatic heterocycles. The van der Waals surface area contributed by atoms with Crippen molar-refractivity contribution in [3.05, 3.63) is 0 Å². The Morgan fingerprint density at radius 1 is 0.850 bits per heavy atom. The van der Waals surface area contributed by atoms with Crippen molar-refractivity contribution < 1.29 is 38.9 Å². The van der Waals surface area contributed by atoms with Gasteiger partial charge in [-0.25, -0.2) is 0 Å². The Bertz CT molecular complexity index is 323.